The van der Waals surface area contributed by atoms with Crippen molar-refractivity contribution in [2.24, 2.45) is 0 Å². The van der Waals surface area contributed by atoms with Gasteiger partial charge in [-0.25, -0.2) is 0 Å². The monoisotopic (exact) mass is 353 g/mol. The highest BCUT2D eigenvalue weighted by atomic mass is 16.5. The number of anilines is 2. The van der Waals surface area contributed by atoms with Crippen LogP contribution in [0, 0.1) is 0 Å². The maximum atomic E-state index is 10.1. The molecule has 4 heterocycles. The van der Waals surface area contributed by atoms with E-state index < -0.39 is 0 Å². The van der Waals surface area contributed by atoms with E-state index in [0.717, 1.165) is 57.1 Å². The number of aromatic nitrogens is 2. The molecule has 2 saturated heterocycles. The van der Waals surface area contributed by atoms with E-state index in [0.29, 0.717) is 17.3 Å². The van der Waals surface area contributed by atoms with E-state index in [4.69, 9.17) is 4.74 Å². The Morgan fingerprint density at radius 2 is 2.19 bits per heavy atom. The number of para-hydroxylation sites is 1. The fraction of sp³-hybridized carbons (Fsp3) is 0.474. The normalized spacial score (nSPS) is 27.5. The van der Waals surface area contributed by atoms with Gasteiger partial charge in [-0.15, -0.1) is 10.2 Å². The molecule has 0 bridgehead atoms. The summed E-state index contributed by atoms with van der Waals surface area (Å²) in [4.78, 5) is 2.42. The van der Waals surface area contributed by atoms with Crippen molar-refractivity contribution in [1.82, 2.24) is 15.5 Å². The van der Waals surface area contributed by atoms with Crippen molar-refractivity contribution in [1.29, 1.82) is 0 Å². The quantitative estimate of drug-likeness (QED) is 0.718. The minimum atomic E-state index is -0.0421. The van der Waals surface area contributed by atoms with E-state index in [2.05, 4.69) is 25.7 Å². The summed E-state index contributed by atoms with van der Waals surface area (Å²) in [5.74, 6) is 1.04. The van der Waals surface area contributed by atoms with E-state index >= 15 is 0 Å². The summed E-state index contributed by atoms with van der Waals surface area (Å²) in [6.45, 7) is 4.45. The van der Waals surface area contributed by atoms with Gasteiger partial charge >= 0.3 is 0 Å². The highest BCUT2D eigenvalue weighted by molar-refractivity contribution is 5.76. The molecule has 1 spiro atoms. The number of nitrogens with one attached hydrogen (secondary N) is 2. The predicted molar refractivity (Wildman–Crippen MR) is 99.5 cm³/mol. The molecule has 5 rings (SSSR count). The highest BCUT2D eigenvalue weighted by Crippen LogP contribution is 2.40. The van der Waals surface area contributed by atoms with Crippen LogP contribution in [0.15, 0.2) is 30.3 Å². The molecule has 2 atom stereocenters. The number of phenolic OH excluding ortho intramolecular Hbond substituents is 1. The number of piperidine rings is 1. The summed E-state index contributed by atoms with van der Waals surface area (Å²) in [5, 5.41) is 25.7. The van der Waals surface area contributed by atoms with Crippen LogP contribution in [0.3, 0.4) is 0 Å². The molecule has 0 amide bonds. The smallest absolute Gasteiger partial charge is 0.172 e. The van der Waals surface area contributed by atoms with Crippen LogP contribution in [0.2, 0.25) is 0 Å². The van der Waals surface area contributed by atoms with Gasteiger partial charge in [-0.1, -0.05) is 12.1 Å². The van der Waals surface area contributed by atoms with E-state index in [1.54, 1.807) is 6.07 Å². The fourth-order valence-corrected chi connectivity index (χ4v) is 4.41. The van der Waals surface area contributed by atoms with E-state index in [-0.39, 0.29) is 11.4 Å². The number of rotatable bonds is 1. The molecule has 7 heteroatoms. The molecule has 0 radical (unpaired) electrons. The third-order valence-corrected chi connectivity index (χ3v) is 5.76. The summed E-state index contributed by atoms with van der Waals surface area (Å²) in [7, 11) is 0. The molecular formula is C19H23N5O2. The Hall–Kier alpha value is -2.38. The number of hydrogen-bond donors (Lipinski definition) is 3. The van der Waals surface area contributed by atoms with E-state index in [1.165, 1.54) is 0 Å². The zero-order valence-electron chi connectivity index (χ0n) is 14.6. The molecule has 2 unspecified atom stereocenters. The van der Waals surface area contributed by atoms with Crippen LogP contribution in [-0.2, 0) is 4.74 Å². The van der Waals surface area contributed by atoms with E-state index in [1.807, 2.05) is 24.3 Å². The Bertz CT molecular complexity index is 821. The summed E-state index contributed by atoms with van der Waals surface area (Å²) in [6.07, 6.45) is 2.00. The third-order valence-electron chi connectivity index (χ3n) is 5.76. The number of fused-ring (bicyclic) bond motifs is 3. The molecule has 2 fully saturated rings. The lowest BCUT2D eigenvalue weighted by Crippen LogP contribution is -2.61. The molecule has 1 aromatic heterocycles. The van der Waals surface area contributed by atoms with Crippen LogP contribution in [0.5, 0.6) is 5.75 Å². The largest absolute Gasteiger partial charge is 0.507 e. The third kappa shape index (κ3) is 2.59. The predicted octanol–water partition coefficient (Wildman–Crippen LogP) is 1.60. The number of morpholine rings is 1. The average Bonchev–Trinajstić information content (AvgIpc) is 2.68. The standard InChI is InChI=1S/C19H23N5O2/c25-17-4-2-1-3-14(17)15-9-16-18(23-22-15)21-11-13-10-19(5-7-24(13)16)12-20-6-8-26-19/h1-4,9,13,20,25H,5-8,10-12H2,(H,21,23). The second kappa shape index (κ2) is 6.10. The maximum absolute atomic E-state index is 10.1. The first-order chi connectivity index (χ1) is 12.7. The second-order valence-corrected chi connectivity index (χ2v) is 7.37. The molecule has 3 aliphatic heterocycles. The lowest BCUT2D eigenvalue weighted by atomic mass is 9.84. The van der Waals surface area contributed by atoms with Gasteiger partial charge in [-0.05, 0) is 31.0 Å². The first-order valence-corrected chi connectivity index (χ1v) is 9.25. The van der Waals surface area contributed by atoms with Gasteiger partial charge in [0.1, 0.15) is 5.75 Å². The molecule has 3 aliphatic rings. The van der Waals surface area contributed by atoms with Crippen molar-refractivity contribution in [3.63, 3.8) is 0 Å². The zero-order valence-corrected chi connectivity index (χ0v) is 14.6. The van der Waals surface area contributed by atoms with Crippen molar-refractivity contribution in [2.45, 2.75) is 24.5 Å². The SMILES string of the molecule is Oc1ccccc1-c1cc2c(nn1)NCC1CC3(CCN21)CNCCO3. The Morgan fingerprint density at radius 3 is 3.04 bits per heavy atom. The fourth-order valence-electron chi connectivity index (χ4n) is 4.41. The molecule has 3 N–H and O–H groups in total. The zero-order chi connectivity index (χ0) is 17.6. The first-order valence-electron chi connectivity index (χ1n) is 9.25. The molecule has 0 saturated carbocycles. The van der Waals surface area contributed by atoms with Crippen molar-refractivity contribution in [2.75, 3.05) is 43.0 Å². The van der Waals surface area contributed by atoms with Crippen molar-refractivity contribution in [3.05, 3.63) is 30.3 Å². The van der Waals surface area contributed by atoms with Gasteiger partial charge in [0, 0.05) is 37.8 Å². The average molecular weight is 353 g/mol. The number of benzene rings is 1. The lowest BCUT2D eigenvalue weighted by molar-refractivity contribution is -0.0866. The Kier molecular flexibility index (Phi) is 3.72. The molecule has 7 nitrogen and oxygen atoms in total. The van der Waals surface area contributed by atoms with Crippen LogP contribution in [0.25, 0.3) is 11.3 Å². The highest BCUT2D eigenvalue weighted by Gasteiger charge is 2.43. The number of nitrogens with zero attached hydrogens (tertiary/aromatic N) is 3. The van der Waals surface area contributed by atoms with Gasteiger partial charge in [-0.3, -0.25) is 0 Å². The van der Waals surface area contributed by atoms with Crippen LogP contribution in [0.1, 0.15) is 12.8 Å². The van der Waals surface area contributed by atoms with Crippen LogP contribution in [-0.4, -0.2) is 59.7 Å². The molecule has 2 aromatic rings. The van der Waals surface area contributed by atoms with Gasteiger partial charge in [-0.2, -0.15) is 0 Å². The van der Waals surface area contributed by atoms with Crippen molar-refractivity contribution in [3.8, 4) is 17.0 Å². The van der Waals surface area contributed by atoms with Crippen LogP contribution < -0.4 is 15.5 Å². The van der Waals surface area contributed by atoms with Gasteiger partial charge in [0.25, 0.3) is 0 Å². The Morgan fingerprint density at radius 1 is 1.27 bits per heavy atom. The molecular weight excluding hydrogens is 330 g/mol. The minimum absolute atomic E-state index is 0.0421. The first kappa shape index (κ1) is 15.8. The van der Waals surface area contributed by atoms with Crippen molar-refractivity contribution < 1.29 is 9.84 Å². The summed E-state index contributed by atoms with van der Waals surface area (Å²) < 4.78 is 6.17. The number of hydrogen-bond acceptors (Lipinski definition) is 7. The molecule has 26 heavy (non-hydrogen) atoms. The molecule has 136 valence electrons. The van der Waals surface area contributed by atoms with Gasteiger partial charge < -0.3 is 25.4 Å². The second-order valence-electron chi connectivity index (χ2n) is 7.37. The summed E-state index contributed by atoms with van der Waals surface area (Å²) in [5.41, 5.74) is 2.42. The molecule has 0 aliphatic carbocycles. The number of ether oxygens (including phenoxy) is 1. The van der Waals surface area contributed by atoms with Crippen LogP contribution >= 0.6 is 0 Å². The lowest BCUT2D eigenvalue weighted by Gasteiger charge is -2.50. The van der Waals surface area contributed by atoms with Crippen LogP contribution in [0.4, 0.5) is 11.5 Å². The van der Waals surface area contributed by atoms with Gasteiger partial charge in [0.15, 0.2) is 5.82 Å². The Labute approximate surface area is 152 Å². The van der Waals surface area contributed by atoms with Gasteiger partial charge in [0.05, 0.1) is 23.6 Å². The maximum Gasteiger partial charge on any atom is 0.172 e. The van der Waals surface area contributed by atoms with E-state index in [9.17, 15) is 5.11 Å². The topological polar surface area (TPSA) is 82.5 Å². The summed E-state index contributed by atoms with van der Waals surface area (Å²) >= 11 is 0. The Balaban J connectivity index is 1.46. The number of aromatic hydroxyl groups is 1. The van der Waals surface area contributed by atoms with Crippen molar-refractivity contribution >= 4 is 11.5 Å². The molecule has 1 aromatic carbocycles. The number of phenols is 1. The summed E-state index contributed by atoms with van der Waals surface area (Å²) in [6, 6.07) is 9.66. The minimum Gasteiger partial charge on any atom is -0.507 e. The van der Waals surface area contributed by atoms with Gasteiger partial charge in [0.2, 0.25) is 0 Å².